The average Bonchev–Trinajstić information content (AvgIpc) is 2.36. The standard InChI is InChI=1S/C13H22N2O3S/c1-2-3-9-19(17,18)15-12-6-4-5-11(10-12)13(16)7-8-14/h4-6,10,13,15-16H,2-3,7-9,14H2,1H3. The lowest BCUT2D eigenvalue weighted by molar-refractivity contribution is 0.170. The fourth-order valence-corrected chi connectivity index (χ4v) is 2.96. The van der Waals surface area contributed by atoms with E-state index in [9.17, 15) is 13.5 Å². The van der Waals surface area contributed by atoms with E-state index in [4.69, 9.17) is 5.73 Å². The normalized spacial score (nSPS) is 13.2. The summed E-state index contributed by atoms with van der Waals surface area (Å²) in [6.45, 7) is 2.33. The third-order valence-corrected chi connectivity index (χ3v) is 4.12. The molecule has 0 amide bonds. The number of sulfonamides is 1. The molecular weight excluding hydrogens is 264 g/mol. The summed E-state index contributed by atoms with van der Waals surface area (Å²) in [5.74, 6) is 0.110. The van der Waals surface area contributed by atoms with Gasteiger partial charge in [0.15, 0.2) is 0 Å². The second-order valence-corrected chi connectivity index (χ2v) is 6.33. The fourth-order valence-electron chi connectivity index (χ4n) is 1.70. The summed E-state index contributed by atoms with van der Waals surface area (Å²) >= 11 is 0. The van der Waals surface area contributed by atoms with Gasteiger partial charge in [-0.25, -0.2) is 8.42 Å². The largest absolute Gasteiger partial charge is 0.388 e. The first-order valence-corrected chi connectivity index (χ1v) is 8.12. The van der Waals surface area contributed by atoms with Gasteiger partial charge in [-0.1, -0.05) is 25.5 Å². The zero-order valence-corrected chi connectivity index (χ0v) is 12.0. The van der Waals surface area contributed by atoms with Crippen LogP contribution in [0.3, 0.4) is 0 Å². The minimum atomic E-state index is -3.31. The highest BCUT2D eigenvalue weighted by molar-refractivity contribution is 7.92. The Bertz CT molecular complexity index is 488. The Labute approximate surface area is 114 Å². The summed E-state index contributed by atoms with van der Waals surface area (Å²) in [4.78, 5) is 0. The third-order valence-electron chi connectivity index (χ3n) is 2.75. The van der Waals surface area contributed by atoms with Crippen LogP contribution in [-0.2, 0) is 10.0 Å². The second-order valence-electron chi connectivity index (χ2n) is 4.49. The number of aliphatic hydroxyl groups is 1. The molecule has 0 spiro atoms. The number of benzene rings is 1. The van der Waals surface area contributed by atoms with E-state index >= 15 is 0 Å². The predicted octanol–water partition coefficient (Wildman–Crippen LogP) is 1.61. The summed E-state index contributed by atoms with van der Waals surface area (Å²) < 4.78 is 26.1. The molecule has 0 heterocycles. The van der Waals surface area contributed by atoms with Crippen molar-refractivity contribution in [1.29, 1.82) is 0 Å². The van der Waals surface area contributed by atoms with Gasteiger partial charge in [0.05, 0.1) is 11.9 Å². The lowest BCUT2D eigenvalue weighted by atomic mass is 10.1. The maximum Gasteiger partial charge on any atom is 0.232 e. The molecule has 1 atom stereocenters. The molecule has 5 nitrogen and oxygen atoms in total. The van der Waals surface area contributed by atoms with Gasteiger partial charge in [-0.15, -0.1) is 0 Å². The van der Waals surface area contributed by atoms with Gasteiger partial charge in [0.1, 0.15) is 0 Å². The van der Waals surface area contributed by atoms with Crippen LogP contribution in [0.5, 0.6) is 0 Å². The Balaban J connectivity index is 2.77. The Hall–Kier alpha value is -1.11. The van der Waals surface area contributed by atoms with Crippen molar-refractivity contribution < 1.29 is 13.5 Å². The number of rotatable bonds is 8. The highest BCUT2D eigenvalue weighted by Gasteiger charge is 2.11. The minimum Gasteiger partial charge on any atom is -0.388 e. The van der Waals surface area contributed by atoms with E-state index in [0.29, 0.717) is 30.6 Å². The van der Waals surface area contributed by atoms with Crippen LogP contribution in [0.4, 0.5) is 5.69 Å². The van der Waals surface area contributed by atoms with E-state index in [0.717, 1.165) is 6.42 Å². The lowest BCUT2D eigenvalue weighted by Gasteiger charge is -2.12. The molecule has 0 aliphatic carbocycles. The zero-order chi connectivity index (χ0) is 14.3. The van der Waals surface area contributed by atoms with Gasteiger partial charge in [0.25, 0.3) is 0 Å². The van der Waals surface area contributed by atoms with Crippen LogP contribution in [0, 0.1) is 0 Å². The maximum atomic E-state index is 11.8. The number of hydrogen-bond acceptors (Lipinski definition) is 4. The summed E-state index contributed by atoms with van der Waals surface area (Å²) in [5, 5.41) is 9.83. The van der Waals surface area contributed by atoms with Crippen LogP contribution in [0.25, 0.3) is 0 Å². The lowest BCUT2D eigenvalue weighted by Crippen LogP contribution is -2.16. The quantitative estimate of drug-likeness (QED) is 0.677. The number of nitrogens with one attached hydrogen (secondary N) is 1. The van der Waals surface area contributed by atoms with Crippen molar-refractivity contribution in [2.24, 2.45) is 5.73 Å². The minimum absolute atomic E-state index is 0.110. The van der Waals surface area contributed by atoms with Gasteiger partial charge in [-0.2, -0.15) is 0 Å². The Kier molecular flexibility index (Phi) is 6.27. The molecule has 1 aromatic carbocycles. The molecule has 0 aliphatic rings. The van der Waals surface area contributed by atoms with Crippen LogP contribution < -0.4 is 10.5 Å². The Morgan fingerprint density at radius 1 is 1.42 bits per heavy atom. The van der Waals surface area contributed by atoms with Gasteiger partial charge in [-0.05, 0) is 37.1 Å². The number of unbranched alkanes of at least 4 members (excludes halogenated alkanes) is 1. The van der Waals surface area contributed by atoms with E-state index in [-0.39, 0.29) is 5.75 Å². The maximum absolute atomic E-state index is 11.8. The van der Waals surface area contributed by atoms with Crippen molar-refractivity contribution in [3.63, 3.8) is 0 Å². The first-order chi connectivity index (χ1) is 8.98. The summed E-state index contributed by atoms with van der Waals surface area (Å²) in [5.41, 5.74) is 6.53. The molecule has 6 heteroatoms. The first kappa shape index (κ1) is 15.9. The van der Waals surface area contributed by atoms with Crippen molar-refractivity contribution >= 4 is 15.7 Å². The van der Waals surface area contributed by atoms with Crippen LogP contribution in [0.1, 0.15) is 37.9 Å². The molecule has 0 aliphatic heterocycles. The number of anilines is 1. The van der Waals surface area contributed by atoms with Crippen LogP contribution in [-0.4, -0.2) is 25.8 Å². The smallest absolute Gasteiger partial charge is 0.232 e. The molecule has 1 unspecified atom stereocenters. The first-order valence-electron chi connectivity index (χ1n) is 6.47. The third kappa shape index (κ3) is 5.59. The SMILES string of the molecule is CCCCS(=O)(=O)Nc1cccc(C(O)CCN)c1. The number of hydrogen-bond donors (Lipinski definition) is 3. The topological polar surface area (TPSA) is 92.4 Å². The van der Waals surface area contributed by atoms with Crippen LogP contribution in [0.15, 0.2) is 24.3 Å². The van der Waals surface area contributed by atoms with E-state index < -0.39 is 16.1 Å². The van der Waals surface area contributed by atoms with E-state index in [1.54, 1.807) is 24.3 Å². The number of aliphatic hydroxyl groups excluding tert-OH is 1. The van der Waals surface area contributed by atoms with Crippen molar-refractivity contribution in [2.45, 2.75) is 32.3 Å². The van der Waals surface area contributed by atoms with Gasteiger partial charge in [-0.3, -0.25) is 4.72 Å². The molecule has 0 radical (unpaired) electrons. The van der Waals surface area contributed by atoms with Gasteiger partial charge < -0.3 is 10.8 Å². The Morgan fingerprint density at radius 2 is 2.16 bits per heavy atom. The molecule has 0 fully saturated rings. The second kappa shape index (κ2) is 7.47. The summed E-state index contributed by atoms with van der Waals surface area (Å²) in [6, 6.07) is 6.78. The summed E-state index contributed by atoms with van der Waals surface area (Å²) in [7, 11) is -3.31. The van der Waals surface area contributed by atoms with Gasteiger partial charge in [0, 0.05) is 5.69 Å². The number of nitrogens with two attached hydrogens (primary N) is 1. The average molecular weight is 286 g/mol. The predicted molar refractivity (Wildman–Crippen MR) is 77.4 cm³/mol. The van der Waals surface area contributed by atoms with Crippen molar-refractivity contribution in [3.05, 3.63) is 29.8 Å². The van der Waals surface area contributed by atoms with Crippen LogP contribution in [0.2, 0.25) is 0 Å². The highest BCUT2D eigenvalue weighted by Crippen LogP contribution is 2.20. The molecule has 19 heavy (non-hydrogen) atoms. The monoisotopic (exact) mass is 286 g/mol. The molecule has 108 valence electrons. The molecular formula is C13H22N2O3S. The molecule has 0 saturated heterocycles. The molecule has 4 N–H and O–H groups in total. The molecule has 0 bridgehead atoms. The van der Waals surface area contributed by atoms with E-state index in [1.165, 1.54) is 0 Å². The molecule has 1 aromatic rings. The highest BCUT2D eigenvalue weighted by atomic mass is 32.2. The van der Waals surface area contributed by atoms with Crippen molar-refractivity contribution in [1.82, 2.24) is 0 Å². The molecule has 0 saturated carbocycles. The summed E-state index contributed by atoms with van der Waals surface area (Å²) in [6.07, 6.45) is 1.25. The van der Waals surface area contributed by atoms with Crippen LogP contribution >= 0.6 is 0 Å². The van der Waals surface area contributed by atoms with E-state index in [2.05, 4.69) is 4.72 Å². The Morgan fingerprint density at radius 3 is 2.79 bits per heavy atom. The van der Waals surface area contributed by atoms with Gasteiger partial charge >= 0.3 is 0 Å². The van der Waals surface area contributed by atoms with Gasteiger partial charge in [0.2, 0.25) is 10.0 Å². The van der Waals surface area contributed by atoms with Crippen molar-refractivity contribution in [3.8, 4) is 0 Å². The fraction of sp³-hybridized carbons (Fsp3) is 0.538. The molecule has 1 rings (SSSR count). The zero-order valence-electron chi connectivity index (χ0n) is 11.2. The molecule has 0 aromatic heterocycles. The van der Waals surface area contributed by atoms with E-state index in [1.807, 2.05) is 6.92 Å². The van der Waals surface area contributed by atoms with Crippen molar-refractivity contribution in [2.75, 3.05) is 17.0 Å².